The third kappa shape index (κ3) is 9.39. The van der Waals surface area contributed by atoms with Gasteiger partial charge in [0.05, 0.1) is 24.4 Å². The van der Waals surface area contributed by atoms with Gasteiger partial charge in [-0.2, -0.15) is 0 Å². The highest BCUT2D eigenvalue weighted by atomic mass is 16.3. The van der Waals surface area contributed by atoms with Gasteiger partial charge < -0.3 is 31.9 Å². The van der Waals surface area contributed by atoms with Crippen LogP contribution in [0.2, 0.25) is 0 Å². The number of nitrogens with two attached hydrogens (primary N) is 2. The highest BCUT2D eigenvalue weighted by Gasteiger charge is 2.39. The van der Waals surface area contributed by atoms with E-state index in [4.69, 9.17) is 11.5 Å². The lowest BCUT2D eigenvalue weighted by molar-refractivity contribution is 0.0563. The van der Waals surface area contributed by atoms with Crippen LogP contribution in [0.3, 0.4) is 0 Å². The lowest BCUT2D eigenvalue weighted by atomic mass is 9.73. The van der Waals surface area contributed by atoms with Gasteiger partial charge in [0.1, 0.15) is 0 Å². The summed E-state index contributed by atoms with van der Waals surface area (Å²) in [5.74, 6) is 0. The molecule has 4 atom stereocenters. The van der Waals surface area contributed by atoms with E-state index in [-0.39, 0.29) is 0 Å². The SMILES string of the molecule is CC(O)CC(N)(CC(C)O)CC(N)(CC(C)O)CC(C)O. The molecule has 6 heteroatoms. The Kier molecular flexibility index (Phi) is 8.31. The average molecular weight is 306 g/mol. The fraction of sp³-hybridized carbons (Fsp3) is 1.00. The molecule has 8 N–H and O–H groups in total. The van der Waals surface area contributed by atoms with Crippen LogP contribution in [-0.2, 0) is 0 Å². The number of aliphatic hydroxyl groups is 4. The normalized spacial score (nSPS) is 23.7. The number of aliphatic hydroxyl groups excluding tert-OH is 4. The Morgan fingerprint density at radius 1 is 0.619 bits per heavy atom. The summed E-state index contributed by atoms with van der Waals surface area (Å²) in [6.45, 7) is 6.58. The van der Waals surface area contributed by atoms with Crippen molar-refractivity contribution in [1.82, 2.24) is 0 Å². The maximum Gasteiger partial charge on any atom is 0.0529 e. The predicted octanol–water partition coefficient (Wildman–Crippen LogP) is -0.145. The van der Waals surface area contributed by atoms with Gasteiger partial charge in [-0.25, -0.2) is 0 Å². The fourth-order valence-corrected chi connectivity index (χ4v) is 3.51. The summed E-state index contributed by atoms with van der Waals surface area (Å²) in [6.07, 6.45) is -0.940. The number of hydrogen-bond donors (Lipinski definition) is 6. The van der Waals surface area contributed by atoms with Gasteiger partial charge in [-0.3, -0.25) is 0 Å². The number of rotatable bonds is 10. The molecule has 128 valence electrons. The topological polar surface area (TPSA) is 133 Å². The van der Waals surface area contributed by atoms with Crippen molar-refractivity contribution in [2.45, 2.75) is 95.3 Å². The van der Waals surface area contributed by atoms with Crippen molar-refractivity contribution in [3.05, 3.63) is 0 Å². The van der Waals surface area contributed by atoms with E-state index in [2.05, 4.69) is 0 Å². The zero-order chi connectivity index (χ0) is 16.8. The Labute approximate surface area is 128 Å². The lowest BCUT2D eigenvalue weighted by Gasteiger charge is -2.42. The zero-order valence-corrected chi connectivity index (χ0v) is 13.8. The van der Waals surface area contributed by atoms with Crippen LogP contribution in [0.4, 0.5) is 0 Å². The maximum absolute atomic E-state index is 9.66. The Hall–Kier alpha value is -0.240. The van der Waals surface area contributed by atoms with Crippen molar-refractivity contribution in [3.8, 4) is 0 Å². The van der Waals surface area contributed by atoms with Gasteiger partial charge in [-0.1, -0.05) is 0 Å². The predicted molar refractivity (Wildman–Crippen MR) is 83.6 cm³/mol. The summed E-state index contributed by atoms with van der Waals surface area (Å²) in [7, 11) is 0. The second kappa shape index (κ2) is 8.41. The van der Waals surface area contributed by atoms with E-state index in [1.807, 2.05) is 0 Å². The van der Waals surface area contributed by atoms with E-state index in [0.717, 1.165) is 0 Å². The Morgan fingerprint density at radius 3 is 0.952 bits per heavy atom. The molecule has 21 heavy (non-hydrogen) atoms. The van der Waals surface area contributed by atoms with E-state index >= 15 is 0 Å². The second-order valence-corrected chi connectivity index (χ2v) is 7.11. The summed E-state index contributed by atoms with van der Waals surface area (Å²) in [4.78, 5) is 0. The Bertz CT molecular complexity index is 245. The average Bonchev–Trinajstić information content (AvgIpc) is 2.07. The second-order valence-electron chi connectivity index (χ2n) is 7.11. The van der Waals surface area contributed by atoms with Crippen LogP contribution < -0.4 is 11.5 Å². The minimum absolute atomic E-state index is 0.302. The highest BCUT2D eigenvalue weighted by Crippen LogP contribution is 2.32. The Balaban J connectivity index is 5.18. The molecule has 0 amide bonds. The number of hydrogen-bond acceptors (Lipinski definition) is 6. The molecule has 0 aliphatic heterocycles. The third-order valence-corrected chi connectivity index (χ3v) is 3.51. The molecule has 0 rings (SSSR count). The molecule has 0 aliphatic carbocycles. The maximum atomic E-state index is 9.66. The first-order valence-corrected chi connectivity index (χ1v) is 7.67. The monoisotopic (exact) mass is 306 g/mol. The highest BCUT2D eigenvalue weighted by molar-refractivity contribution is 4.99. The lowest BCUT2D eigenvalue weighted by Crippen LogP contribution is -2.56. The largest absolute Gasteiger partial charge is 0.393 e. The van der Waals surface area contributed by atoms with Gasteiger partial charge in [-0.15, -0.1) is 0 Å². The minimum atomic E-state index is -0.846. The van der Waals surface area contributed by atoms with Crippen molar-refractivity contribution >= 4 is 0 Å². The summed E-state index contributed by atoms with van der Waals surface area (Å²) < 4.78 is 0. The van der Waals surface area contributed by atoms with E-state index in [9.17, 15) is 20.4 Å². The molecule has 0 spiro atoms. The summed E-state index contributed by atoms with van der Waals surface area (Å²) >= 11 is 0. The summed E-state index contributed by atoms with van der Waals surface area (Å²) in [6, 6.07) is 0. The smallest absolute Gasteiger partial charge is 0.0529 e. The summed E-state index contributed by atoms with van der Waals surface area (Å²) in [5, 5.41) is 38.6. The molecule has 0 fully saturated rings. The van der Waals surface area contributed by atoms with Crippen LogP contribution in [0.5, 0.6) is 0 Å². The first-order valence-electron chi connectivity index (χ1n) is 7.67. The fourth-order valence-electron chi connectivity index (χ4n) is 3.51. The van der Waals surface area contributed by atoms with E-state index in [1.54, 1.807) is 27.7 Å². The van der Waals surface area contributed by atoms with Crippen molar-refractivity contribution < 1.29 is 20.4 Å². The van der Waals surface area contributed by atoms with Crippen LogP contribution in [-0.4, -0.2) is 55.9 Å². The van der Waals surface area contributed by atoms with Crippen molar-refractivity contribution in [1.29, 1.82) is 0 Å². The van der Waals surface area contributed by atoms with Gasteiger partial charge in [-0.05, 0) is 59.8 Å². The molecule has 0 aromatic rings. The van der Waals surface area contributed by atoms with Crippen LogP contribution in [0, 0.1) is 0 Å². The molecule has 0 bridgehead atoms. The van der Waals surface area contributed by atoms with Crippen molar-refractivity contribution in [2.75, 3.05) is 0 Å². The zero-order valence-electron chi connectivity index (χ0n) is 13.8. The van der Waals surface area contributed by atoms with Crippen LogP contribution in [0.1, 0.15) is 59.8 Å². The van der Waals surface area contributed by atoms with Gasteiger partial charge in [0, 0.05) is 11.1 Å². The quantitative estimate of drug-likeness (QED) is 0.333. The molecule has 0 saturated heterocycles. The Morgan fingerprint density at radius 2 is 0.810 bits per heavy atom. The molecule has 0 saturated carbocycles. The standard InChI is InChI=1S/C15H34N2O4/c1-10(18)5-14(16,6-11(2)19)9-15(17,7-12(3)20)8-13(4)21/h10-13,18-21H,5-9,16-17H2,1-4H3. The molecule has 0 radical (unpaired) electrons. The van der Waals surface area contributed by atoms with Gasteiger partial charge >= 0.3 is 0 Å². The molecule has 0 aliphatic rings. The van der Waals surface area contributed by atoms with Gasteiger partial charge in [0.15, 0.2) is 0 Å². The molecule has 4 unspecified atom stereocenters. The third-order valence-electron chi connectivity index (χ3n) is 3.51. The molecular weight excluding hydrogens is 272 g/mol. The first-order chi connectivity index (χ1) is 9.37. The van der Waals surface area contributed by atoms with Gasteiger partial charge in [0.2, 0.25) is 0 Å². The minimum Gasteiger partial charge on any atom is -0.393 e. The van der Waals surface area contributed by atoms with Crippen molar-refractivity contribution in [2.24, 2.45) is 11.5 Å². The molecule has 6 nitrogen and oxygen atoms in total. The van der Waals surface area contributed by atoms with Crippen molar-refractivity contribution in [3.63, 3.8) is 0 Å². The van der Waals surface area contributed by atoms with E-state index < -0.39 is 35.5 Å². The van der Waals surface area contributed by atoms with Gasteiger partial charge in [0.25, 0.3) is 0 Å². The van der Waals surface area contributed by atoms with E-state index in [0.29, 0.717) is 32.1 Å². The molecular formula is C15H34N2O4. The van der Waals surface area contributed by atoms with Crippen LogP contribution >= 0.6 is 0 Å². The van der Waals surface area contributed by atoms with Crippen LogP contribution in [0.25, 0.3) is 0 Å². The molecule has 0 aromatic carbocycles. The molecule has 0 aromatic heterocycles. The molecule has 0 heterocycles. The summed E-state index contributed by atoms with van der Waals surface area (Å²) in [5.41, 5.74) is 11.1. The van der Waals surface area contributed by atoms with Crippen LogP contribution in [0.15, 0.2) is 0 Å². The van der Waals surface area contributed by atoms with E-state index in [1.165, 1.54) is 0 Å². The first kappa shape index (κ1) is 20.8.